The van der Waals surface area contributed by atoms with Crippen molar-refractivity contribution in [3.63, 3.8) is 0 Å². The Kier molecular flexibility index (Phi) is 9.46. The van der Waals surface area contributed by atoms with E-state index < -0.39 is 9.84 Å². The summed E-state index contributed by atoms with van der Waals surface area (Å²) in [7, 11) is -2.80. The number of rotatable bonds is 5. The monoisotopic (exact) mass is 461 g/mol. The van der Waals surface area contributed by atoms with Crippen molar-refractivity contribution in [3.05, 3.63) is 0 Å². The van der Waals surface area contributed by atoms with Crippen molar-refractivity contribution in [1.29, 1.82) is 0 Å². The first-order valence-corrected chi connectivity index (χ1v) is 11.0. The summed E-state index contributed by atoms with van der Waals surface area (Å²) >= 11 is 1.82. The highest BCUT2D eigenvalue weighted by Crippen LogP contribution is 2.19. The van der Waals surface area contributed by atoms with Gasteiger partial charge < -0.3 is 10.2 Å². The molecule has 22 heavy (non-hydrogen) atoms. The van der Waals surface area contributed by atoms with E-state index in [4.69, 9.17) is 4.99 Å². The zero-order chi connectivity index (χ0) is 15.1. The van der Waals surface area contributed by atoms with Gasteiger partial charge in [0, 0.05) is 31.9 Å². The molecule has 5 nitrogen and oxygen atoms in total. The van der Waals surface area contributed by atoms with Gasteiger partial charge in [0.1, 0.15) is 0 Å². The first-order valence-electron chi connectivity index (χ1n) is 7.83. The lowest BCUT2D eigenvalue weighted by molar-refractivity contribution is 0.331. The van der Waals surface area contributed by atoms with E-state index in [-0.39, 0.29) is 29.9 Å². The zero-order valence-corrected chi connectivity index (χ0v) is 17.3. The lowest BCUT2D eigenvalue weighted by Crippen LogP contribution is -2.45. The van der Waals surface area contributed by atoms with Crippen LogP contribution < -0.4 is 5.32 Å². The van der Waals surface area contributed by atoms with Gasteiger partial charge in [-0.25, -0.2) is 8.42 Å². The molecule has 0 aromatic heterocycles. The predicted octanol–water partition coefficient (Wildman–Crippen LogP) is 1.83. The Balaban J connectivity index is 0.00000242. The largest absolute Gasteiger partial charge is 0.355 e. The van der Waals surface area contributed by atoms with Gasteiger partial charge in [-0.1, -0.05) is 0 Å². The summed E-state index contributed by atoms with van der Waals surface area (Å²) in [5.74, 6) is 2.90. The lowest BCUT2D eigenvalue weighted by atomic mass is 10.1. The Morgan fingerprint density at radius 2 is 2.05 bits per heavy atom. The molecule has 0 amide bonds. The van der Waals surface area contributed by atoms with Crippen LogP contribution in [0.25, 0.3) is 0 Å². The Labute approximate surface area is 156 Å². The van der Waals surface area contributed by atoms with E-state index in [1.165, 1.54) is 19.3 Å². The average molecular weight is 461 g/mol. The van der Waals surface area contributed by atoms with E-state index in [1.807, 2.05) is 11.8 Å². The molecule has 1 N–H and O–H groups in total. The minimum absolute atomic E-state index is 0. The number of likely N-dealkylation sites (tertiary alicyclic amines) is 1. The maximum absolute atomic E-state index is 11.5. The van der Waals surface area contributed by atoms with Crippen LogP contribution in [0.15, 0.2) is 4.99 Å². The zero-order valence-electron chi connectivity index (χ0n) is 13.3. The highest BCUT2D eigenvalue weighted by Gasteiger charge is 2.27. The molecule has 0 spiro atoms. The molecule has 2 heterocycles. The maximum Gasteiger partial charge on any atom is 0.193 e. The Morgan fingerprint density at radius 3 is 2.64 bits per heavy atom. The molecule has 8 heteroatoms. The topological polar surface area (TPSA) is 61.8 Å². The van der Waals surface area contributed by atoms with E-state index in [1.54, 1.807) is 0 Å². The smallest absolute Gasteiger partial charge is 0.193 e. The number of guanidine groups is 1. The molecule has 0 saturated carbocycles. The molecule has 2 rings (SSSR count). The van der Waals surface area contributed by atoms with Crippen molar-refractivity contribution in [2.75, 3.05) is 49.7 Å². The molecule has 0 aliphatic carbocycles. The fourth-order valence-corrected chi connectivity index (χ4v) is 5.03. The second-order valence-electron chi connectivity index (χ2n) is 5.90. The molecule has 2 saturated heterocycles. The number of nitrogens with zero attached hydrogens (tertiary/aromatic N) is 2. The second kappa shape index (κ2) is 10.2. The molecule has 0 bridgehead atoms. The van der Waals surface area contributed by atoms with Crippen molar-refractivity contribution < 1.29 is 8.42 Å². The molecule has 1 atom stereocenters. The fourth-order valence-electron chi connectivity index (χ4n) is 2.87. The molecule has 130 valence electrons. The SMILES string of the molecule is CSCCNC(=NCC1CCS(=O)(=O)C1)N1CCCCC1.I. The van der Waals surface area contributed by atoms with Crippen LogP contribution in [0.4, 0.5) is 0 Å². The highest BCUT2D eigenvalue weighted by atomic mass is 127. The van der Waals surface area contributed by atoms with Crippen LogP contribution in [0.1, 0.15) is 25.7 Å². The Hall–Kier alpha value is 0.300. The third-order valence-electron chi connectivity index (χ3n) is 4.07. The summed E-state index contributed by atoms with van der Waals surface area (Å²) in [5, 5.41) is 3.44. The molecule has 2 aliphatic rings. The van der Waals surface area contributed by atoms with Crippen LogP contribution in [0.5, 0.6) is 0 Å². The lowest BCUT2D eigenvalue weighted by Gasteiger charge is -2.30. The number of nitrogens with one attached hydrogen (secondary N) is 1. The molecular weight excluding hydrogens is 433 g/mol. The number of hydrogen-bond donors (Lipinski definition) is 1. The van der Waals surface area contributed by atoms with E-state index in [0.717, 1.165) is 37.8 Å². The van der Waals surface area contributed by atoms with Crippen molar-refractivity contribution in [1.82, 2.24) is 10.2 Å². The van der Waals surface area contributed by atoms with Gasteiger partial charge in [0.05, 0.1) is 11.5 Å². The molecular formula is C14H28IN3O2S2. The minimum Gasteiger partial charge on any atom is -0.355 e. The number of thioether (sulfide) groups is 1. The number of hydrogen-bond acceptors (Lipinski definition) is 4. The van der Waals surface area contributed by atoms with Gasteiger partial charge in [0.25, 0.3) is 0 Å². The maximum atomic E-state index is 11.5. The first kappa shape index (κ1) is 20.3. The van der Waals surface area contributed by atoms with Crippen molar-refractivity contribution >= 4 is 51.5 Å². The van der Waals surface area contributed by atoms with E-state index in [0.29, 0.717) is 18.1 Å². The summed E-state index contributed by atoms with van der Waals surface area (Å²) in [6, 6.07) is 0. The quantitative estimate of drug-likeness (QED) is 0.293. The third kappa shape index (κ3) is 6.82. The van der Waals surface area contributed by atoms with E-state index >= 15 is 0 Å². The number of sulfone groups is 1. The molecule has 1 unspecified atom stereocenters. The van der Waals surface area contributed by atoms with Gasteiger partial charge in [-0.3, -0.25) is 4.99 Å². The van der Waals surface area contributed by atoms with Crippen LogP contribution in [-0.2, 0) is 9.84 Å². The van der Waals surface area contributed by atoms with Crippen LogP contribution in [0.2, 0.25) is 0 Å². The van der Waals surface area contributed by atoms with Crippen LogP contribution in [0, 0.1) is 5.92 Å². The van der Waals surface area contributed by atoms with Crippen LogP contribution in [-0.4, -0.2) is 69.0 Å². The van der Waals surface area contributed by atoms with Gasteiger partial charge in [0.2, 0.25) is 0 Å². The fraction of sp³-hybridized carbons (Fsp3) is 0.929. The van der Waals surface area contributed by atoms with Gasteiger partial charge in [-0.2, -0.15) is 11.8 Å². The summed E-state index contributed by atoms with van der Waals surface area (Å²) in [6.07, 6.45) is 6.62. The van der Waals surface area contributed by atoms with E-state index in [2.05, 4.69) is 16.5 Å². The average Bonchev–Trinajstić information content (AvgIpc) is 2.83. The minimum atomic E-state index is -2.80. The molecule has 0 aromatic carbocycles. The van der Waals surface area contributed by atoms with Crippen LogP contribution >= 0.6 is 35.7 Å². The predicted molar refractivity (Wildman–Crippen MR) is 106 cm³/mol. The van der Waals surface area contributed by atoms with E-state index in [9.17, 15) is 8.42 Å². The number of piperidine rings is 1. The summed E-state index contributed by atoms with van der Waals surface area (Å²) in [6.45, 7) is 3.68. The first-order chi connectivity index (χ1) is 10.1. The van der Waals surface area contributed by atoms with Gasteiger partial charge in [-0.05, 0) is 37.9 Å². The molecule has 0 radical (unpaired) electrons. The standard InChI is InChI=1S/C14H27N3O2S2.HI/c1-20-9-6-15-14(17-7-3-2-4-8-17)16-11-13-5-10-21(18,19)12-13;/h13H,2-12H2,1H3,(H,15,16);1H. The summed E-state index contributed by atoms with van der Waals surface area (Å²) in [4.78, 5) is 7.05. The Morgan fingerprint density at radius 1 is 1.32 bits per heavy atom. The molecule has 0 aromatic rings. The number of aliphatic imine (C=N–C) groups is 1. The van der Waals surface area contributed by atoms with Crippen LogP contribution in [0.3, 0.4) is 0 Å². The normalized spacial score (nSPS) is 24.9. The second-order valence-corrected chi connectivity index (χ2v) is 9.11. The van der Waals surface area contributed by atoms with Crippen molar-refractivity contribution in [3.8, 4) is 0 Å². The van der Waals surface area contributed by atoms with Gasteiger partial charge >= 0.3 is 0 Å². The summed E-state index contributed by atoms with van der Waals surface area (Å²) < 4.78 is 23.0. The highest BCUT2D eigenvalue weighted by molar-refractivity contribution is 14.0. The van der Waals surface area contributed by atoms with Gasteiger partial charge in [-0.15, -0.1) is 24.0 Å². The Bertz CT molecular complexity index is 451. The van der Waals surface area contributed by atoms with Gasteiger partial charge in [0.15, 0.2) is 15.8 Å². The van der Waals surface area contributed by atoms with Crippen molar-refractivity contribution in [2.45, 2.75) is 25.7 Å². The third-order valence-corrected chi connectivity index (χ3v) is 6.52. The number of halogens is 1. The molecule has 2 aliphatic heterocycles. The molecule has 2 fully saturated rings. The summed E-state index contributed by atoms with van der Waals surface area (Å²) in [5.41, 5.74) is 0. The van der Waals surface area contributed by atoms with Crippen molar-refractivity contribution in [2.24, 2.45) is 10.9 Å².